The van der Waals surface area contributed by atoms with Crippen molar-refractivity contribution >= 4 is 17.7 Å². The Bertz CT molecular complexity index is 1160. The first-order valence-electron chi connectivity index (χ1n) is 12.5. The second kappa shape index (κ2) is 9.29. The van der Waals surface area contributed by atoms with Crippen LogP contribution < -0.4 is 0 Å². The third-order valence-corrected chi connectivity index (χ3v) is 7.87. The summed E-state index contributed by atoms with van der Waals surface area (Å²) in [6, 6.07) is 8.97. The molecule has 0 saturated heterocycles. The van der Waals surface area contributed by atoms with E-state index in [4.69, 9.17) is 4.99 Å². The summed E-state index contributed by atoms with van der Waals surface area (Å²) in [5.41, 5.74) is 2.14. The highest BCUT2D eigenvalue weighted by Crippen LogP contribution is 2.49. The van der Waals surface area contributed by atoms with E-state index in [-0.39, 0.29) is 28.7 Å². The molecule has 1 saturated carbocycles. The molecule has 4 nitrogen and oxygen atoms in total. The van der Waals surface area contributed by atoms with Crippen molar-refractivity contribution in [2.24, 2.45) is 16.3 Å². The molecule has 2 aromatic carbocycles. The van der Waals surface area contributed by atoms with Crippen LogP contribution in [0.4, 0.5) is 8.78 Å². The van der Waals surface area contributed by atoms with Crippen molar-refractivity contribution in [1.29, 1.82) is 0 Å². The molecule has 1 aliphatic carbocycles. The van der Waals surface area contributed by atoms with E-state index >= 15 is 0 Å². The quantitative estimate of drug-likeness (QED) is 0.435. The second-order valence-electron chi connectivity index (χ2n) is 11.0. The molecule has 2 aromatic rings. The van der Waals surface area contributed by atoms with Gasteiger partial charge in [-0.25, -0.2) is 4.39 Å². The summed E-state index contributed by atoms with van der Waals surface area (Å²) in [4.78, 5) is 32.3. The Labute approximate surface area is 206 Å². The van der Waals surface area contributed by atoms with E-state index < -0.39 is 11.7 Å². The van der Waals surface area contributed by atoms with Crippen LogP contribution in [-0.4, -0.2) is 28.2 Å². The summed E-state index contributed by atoms with van der Waals surface area (Å²) >= 11 is 0. The lowest BCUT2D eigenvalue weighted by atomic mass is 9.69. The summed E-state index contributed by atoms with van der Waals surface area (Å²) in [6.07, 6.45) is 4.06. The minimum atomic E-state index is -1.47. The van der Waals surface area contributed by atoms with Crippen LogP contribution >= 0.6 is 0 Å². The van der Waals surface area contributed by atoms with Gasteiger partial charge in [0.2, 0.25) is 0 Å². The minimum absolute atomic E-state index is 0.0116. The molecule has 1 unspecified atom stereocenters. The maximum absolute atomic E-state index is 14.0. The molecular formula is C29H34F2N2O2. The maximum Gasteiger partial charge on any atom is 0.332 e. The van der Waals surface area contributed by atoms with Crippen LogP contribution in [0.5, 0.6) is 0 Å². The summed E-state index contributed by atoms with van der Waals surface area (Å²) < 4.78 is 26.9. The van der Waals surface area contributed by atoms with Crippen molar-refractivity contribution in [3.05, 3.63) is 70.5 Å². The largest absolute Gasteiger partial charge is 0.332 e. The third-order valence-electron chi connectivity index (χ3n) is 7.87. The average Bonchev–Trinajstić information content (AvgIpc) is 3.07. The van der Waals surface area contributed by atoms with E-state index in [0.717, 1.165) is 36.8 Å². The highest BCUT2D eigenvalue weighted by molar-refractivity contribution is 6.46. The van der Waals surface area contributed by atoms with Crippen LogP contribution in [0.1, 0.15) is 92.9 Å². The fourth-order valence-corrected chi connectivity index (χ4v) is 5.85. The number of hydrogen-bond acceptors (Lipinski definition) is 3. The number of halogens is 2. The number of carbonyl (C=O) groups is 2. The summed E-state index contributed by atoms with van der Waals surface area (Å²) in [6.45, 7) is 10.6. The third kappa shape index (κ3) is 4.67. The fourth-order valence-electron chi connectivity index (χ4n) is 5.85. The average molecular weight is 481 g/mol. The van der Waals surface area contributed by atoms with E-state index in [9.17, 15) is 18.4 Å². The monoisotopic (exact) mass is 480 g/mol. The van der Waals surface area contributed by atoms with Crippen LogP contribution in [0.15, 0.2) is 47.5 Å². The first-order valence-corrected chi connectivity index (χ1v) is 12.5. The zero-order valence-corrected chi connectivity index (χ0v) is 21.2. The van der Waals surface area contributed by atoms with Crippen molar-refractivity contribution in [2.75, 3.05) is 0 Å². The number of aryl methyl sites for hydroxylation is 1. The summed E-state index contributed by atoms with van der Waals surface area (Å²) in [5.74, 6) is 0.0103. The van der Waals surface area contributed by atoms with Crippen molar-refractivity contribution < 1.29 is 18.4 Å². The molecule has 0 N–H and O–H groups in total. The topological polar surface area (TPSA) is 49.7 Å². The summed E-state index contributed by atoms with van der Waals surface area (Å²) in [7, 11) is 0. The van der Waals surface area contributed by atoms with Gasteiger partial charge in [-0.1, -0.05) is 33.8 Å². The van der Waals surface area contributed by atoms with Crippen LogP contribution in [0, 0.1) is 24.1 Å². The van der Waals surface area contributed by atoms with E-state index in [1.807, 2.05) is 18.7 Å². The molecule has 1 fully saturated rings. The highest BCUT2D eigenvalue weighted by atomic mass is 19.1. The van der Waals surface area contributed by atoms with Gasteiger partial charge in [-0.2, -0.15) is 4.39 Å². The maximum atomic E-state index is 14.0. The van der Waals surface area contributed by atoms with Gasteiger partial charge < -0.3 is 4.90 Å². The van der Waals surface area contributed by atoms with Crippen molar-refractivity contribution in [1.82, 2.24) is 4.90 Å². The number of nitrogens with zero attached hydrogens (tertiary/aromatic N) is 2. The van der Waals surface area contributed by atoms with Crippen molar-refractivity contribution in [2.45, 2.75) is 78.4 Å². The van der Waals surface area contributed by atoms with Gasteiger partial charge in [0.15, 0.2) is 0 Å². The zero-order chi connectivity index (χ0) is 25.5. The zero-order valence-electron chi connectivity index (χ0n) is 21.2. The van der Waals surface area contributed by atoms with Crippen molar-refractivity contribution in [3.63, 3.8) is 0 Å². The number of aliphatic imine (C=N–C) groups is 1. The van der Waals surface area contributed by atoms with Gasteiger partial charge in [0.1, 0.15) is 17.2 Å². The van der Waals surface area contributed by atoms with Gasteiger partial charge in [-0.05, 0) is 97.9 Å². The molecule has 1 atom stereocenters. The molecule has 2 aliphatic rings. The lowest BCUT2D eigenvalue weighted by Crippen LogP contribution is -2.51. The molecule has 1 heterocycles. The SMILES string of the molecule is CCC(c1ccc(C(=O)F)cc1C)N1C(=O)C(c2ccc(F)cc2)=NC12CCC(C(C)(C)C)CC2. The summed E-state index contributed by atoms with van der Waals surface area (Å²) in [5, 5.41) is 0. The van der Waals surface area contributed by atoms with Gasteiger partial charge in [0.05, 0.1) is 11.6 Å². The normalized spacial score (nSPS) is 23.5. The predicted octanol–water partition coefficient (Wildman–Crippen LogP) is 6.96. The van der Waals surface area contributed by atoms with Gasteiger partial charge in [0.25, 0.3) is 5.91 Å². The molecule has 1 amide bonds. The first-order chi connectivity index (χ1) is 16.5. The fraction of sp³-hybridized carbons (Fsp3) is 0.483. The Hall–Kier alpha value is -2.89. The van der Waals surface area contributed by atoms with Crippen LogP contribution in [0.3, 0.4) is 0 Å². The molecule has 6 heteroatoms. The number of hydrogen-bond donors (Lipinski definition) is 0. The predicted molar refractivity (Wildman–Crippen MR) is 134 cm³/mol. The molecule has 35 heavy (non-hydrogen) atoms. The van der Waals surface area contributed by atoms with Gasteiger partial charge in [-0.3, -0.25) is 14.6 Å². The number of rotatable bonds is 5. The van der Waals surface area contributed by atoms with E-state index in [0.29, 0.717) is 23.6 Å². The van der Waals surface area contributed by atoms with Crippen LogP contribution in [0.2, 0.25) is 0 Å². The van der Waals surface area contributed by atoms with Gasteiger partial charge >= 0.3 is 6.04 Å². The Morgan fingerprint density at radius 2 is 1.77 bits per heavy atom. The number of amides is 1. The van der Waals surface area contributed by atoms with Gasteiger partial charge in [-0.15, -0.1) is 0 Å². The Balaban J connectivity index is 1.78. The van der Waals surface area contributed by atoms with E-state index in [1.54, 1.807) is 24.3 Å². The Morgan fingerprint density at radius 1 is 1.14 bits per heavy atom. The second-order valence-corrected chi connectivity index (χ2v) is 11.0. The minimum Gasteiger partial charge on any atom is -0.305 e. The molecule has 0 bridgehead atoms. The number of carbonyl (C=O) groups excluding carboxylic acids is 2. The van der Waals surface area contributed by atoms with Gasteiger partial charge in [0, 0.05) is 5.56 Å². The molecule has 1 spiro atoms. The molecule has 4 rings (SSSR count). The molecule has 186 valence electrons. The van der Waals surface area contributed by atoms with Crippen LogP contribution in [0.25, 0.3) is 0 Å². The number of benzene rings is 2. The Kier molecular flexibility index (Phi) is 6.69. The molecule has 0 radical (unpaired) electrons. The Morgan fingerprint density at radius 3 is 2.29 bits per heavy atom. The highest BCUT2D eigenvalue weighted by Gasteiger charge is 2.52. The van der Waals surface area contributed by atoms with Crippen LogP contribution in [-0.2, 0) is 4.79 Å². The molecular weight excluding hydrogens is 446 g/mol. The molecule has 1 aliphatic heterocycles. The van der Waals surface area contributed by atoms with Crippen molar-refractivity contribution in [3.8, 4) is 0 Å². The lowest BCUT2D eigenvalue weighted by molar-refractivity contribution is -0.133. The lowest BCUT2D eigenvalue weighted by Gasteiger charge is -2.47. The molecule has 0 aromatic heterocycles. The smallest absolute Gasteiger partial charge is 0.305 e. The van der Waals surface area contributed by atoms with E-state index in [1.165, 1.54) is 18.2 Å². The first kappa shape index (κ1) is 25.2. The standard InChI is InChI=1S/C29H34F2N2O2/c1-6-24(23-12-9-20(26(31)34)17-18(23)2)33-27(35)25(19-7-10-22(30)11-8-19)32-29(33)15-13-21(14-16-29)28(3,4)5/h7-12,17,21,24H,6,13-16H2,1-5H3. The van der Waals surface area contributed by atoms with E-state index in [2.05, 4.69) is 20.8 Å².